The van der Waals surface area contributed by atoms with Crippen LogP contribution in [-0.2, 0) is 0 Å². The lowest BCUT2D eigenvalue weighted by Crippen LogP contribution is -2.06. The molecule has 0 saturated heterocycles. The maximum Gasteiger partial charge on any atom is 0.205 e. The molecule has 164 valence electrons. The van der Waals surface area contributed by atoms with Crippen molar-refractivity contribution in [3.63, 3.8) is 0 Å². The Hall–Kier alpha value is -4.49. The van der Waals surface area contributed by atoms with Gasteiger partial charge in [0.2, 0.25) is 5.78 Å². The van der Waals surface area contributed by atoms with E-state index in [1.54, 1.807) is 41.8 Å². The SMILES string of the molecule is Cc1cc(C(=O)/C(C#N)=C/c2c3ccccc3cc3ccccc23)c(C)n1-c1ccccc1F. The normalized spacial score (nSPS) is 11.6. The molecule has 3 nitrogen and oxygen atoms in total. The highest BCUT2D eigenvalue weighted by Gasteiger charge is 2.21. The Kier molecular flexibility index (Phi) is 5.31. The van der Waals surface area contributed by atoms with E-state index in [0.717, 1.165) is 32.8 Å². The number of carbonyl (C=O) groups is 1. The Morgan fingerprint density at radius 2 is 1.47 bits per heavy atom. The van der Waals surface area contributed by atoms with Crippen LogP contribution < -0.4 is 0 Å². The highest BCUT2D eigenvalue weighted by Crippen LogP contribution is 2.31. The highest BCUT2D eigenvalue weighted by atomic mass is 19.1. The fourth-order valence-corrected chi connectivity index (χ4v) is 4.64. The van der Waals surface area contributed by atoms with Gasteiger partial charge in [-0.2, -0.15) is 5.26 Å². The van der Waals surface area contributed by atoms with Gasteiger partial charge in [0.05, 0.1) is 5.69 Å². The molecule has 1 heterocycles. The Morgan fingerprint density at radius 3 is 2.09 bits per heavy atom. The van der Waals surface area contributed by atoms with Gasteiger partial charge in [0.15, 0.2) is 0 Å². The number of aromatic nitrogens is 1. The van der Waals surface area contributed by atoms with Crippen molar-refractivity contribution in [1.82, 2.24) is 4.57 Å². The topological polar surface area (TPSA) is 45.8 Å². The van der Waals surface area contributed by atoms with Gasteiger partial charge in [-0.3, -0.25) is 4.79 Å². The fraction of sp³-hybridized carbons (Fsp3) is 0.0667. The molecule has 4 aromatic carbocycles. The molecule has 0 aliphatic heterocycles. The predicted molar refractivity (Wildman–Crippen MR) is 135 cm³/mol. The van der Waals surface area contributed by atoms with Crippen molar-refractivity contribution in [2.45, 2.75) is 13.8 Å². The van der Waals surface area contributed by atoms with Gasteiger partial charge in [0.1, 0.15) is 17.5 Å². The number of nitrogens with zero attached hydrogens (tertiary/aromatic N) is 2. The molecule has 34 heavy (non-hydrogen) atoms. The minimum Gasteiger partial charge on any atom is -0.315 e. The molecule has 0 saturated carbocycles. The van der Waals surface area contributed by atoms with Crippen LogP contribution in [0.15, 0.2) is 90.5 Å². The zero-order valence-corrected chi connectivity index (χ0v) is 18.8. The molecule has 0 atom stereocenters. The lowest BCUT2D eigenvalue weighted by molar-refractivity contribution is 0.103. The quantitative estimate of drug-likeness (QED) is 0.126. The maximum absolute atomic E-state index is 14.5. The number of hydrogen-bond donors (Lipinski definition) is 0. The van der Waals surface area contributed by atoms with Crippen LogP contribution in [0.3, 0.4) is 0 Å². The molecule has 0 spiro atoms. The molecule has 4 heteroatoms. The Bertz CT molecular complexity index is 1610. The van der Waals surface area contributed by atoms with Crippen LogP contribution >= 0.6 is 0 Å². The van der Waals surface area contributed by atoms with Crippen LogP contribution in [0.5, 0.6) is 0 Å². The van der Waals surface area contributed by atoms with Gasteiger partial charge in [0, 0.05) is 17.0 Å². The number of rotatable bonds is 4. The van der Waals surface area contributed by atoms with Crippen LogP contribution in [0.1, 0.15) is 27.3 Å². The highest BCUT2D eigenvalue weighted by molar-refractivity contribution is 6.17. The van der Waals surface area contributed by atoms with Gasteiger partial charge in [-0.25, -0.2) is 4.39 Å². The maximum atomic E-state index is 14.5. The molecule has 0 fully saturated rings. The number of hydrogen-bond acceptors (Lipinski definition) is 2. The van der Waals surface area contributed by atoms with E-state index >= 15 is 0 Å². The molecule has 0 radical (unpaired) electrons. The molecular formula is C30H21FN2O. The van der Waals surface area contributed by atoms with Crippen LogP contribution in [0, 0.1) is 31.0 Å². The summed E-state index contributed by atoms with van der Waals surface area (Å²) in [5.41, 5.74) is 2.95. The van der Waals surface area contributed by atoms with E-state index in [-0.39, 0.29) is 17.2 Å². The Labute approximate surface area is 197 Å². The molecule has 0 N–H and O–H groups in total. The molecule has 0 unspecified atom stereocenters. The number of fused-ring (bicyclic) bond motifs is 2. The van der Waals surface area contributed by atoms with Crippen LogP contribution in [-0.4, -0.2) is 10.4 Å². The standard InChI is InChI=1S/C30H21FN2O/c1-19-15-26(20(2)33(19)29-14-8-7-13-28(29)31)30(34)23(18-32)17-27-24-11-5-3-9-21(24)16-22-10-4-6-12-25(22)27/h3-17H,1-2H3/b23-17+. The number of allylic oxidation sites excluding steroid dienone is 1. The number of aryl methyl sites for hydroxylation is 1. The van der Waals surface area contributed by atoms with E-state index in [2.05, 4.69) is 12.1 Å². The first-order valence-corrected chi connectivity index (χ1v) is 11.0. The van der Waals surface area contributed by atoms with E-state index in [1.807, 2.05) is 55.5 Å². The number of Topliss-reactive ketones (excluding diaryl/α,β-unsaturated/α-hetero) is 1. The van der Waals surface area contributed by atoms with Crippen molar-refractivity contribution in [1.29, 1.82) is 5.26 Å². The monoisotopic (exact) mass is 444 g/mol. The molecule has 5 rings (SSSR count). The second-order valence-corrected chi connectivity index (χ2v) is 8.30. The van der Waals surface area contributed by atoms with Crippen LogP contribution in [0.4, 0.5) is 4.39 Å². The molecule has 1 aromatic heterocycles. The van der Waals surface area contributed by atoms with Crippen molar-refractivity contribution >= 4 is 33.4 Å². The number of para-hydroxylation sites is 1. The van der Waals surface area contributed by atoms with E-state index in [9.17, 15) is 14.4 Å². The van der Waals surface area contributed by atoms with E-state index < -0.39 is 0 Å². The van der Waals surface area contributed by atoms with Gasteiger partial charge >= 0.3 is 0 Å². The number of nitriles is 1. The van der Waals surface area contributed by atoms with Crippen molar-refractivity contribution in [2.75, 3.05) is 0 Å². The summed E-state index contributed by atoms with van der Waals surface area (Å²) < 4.78 is 16.2. The summed E-state index contributed by atoms with van der Waals surface area (Å²) in [6.45, 7) is 3.60. The number of benzene rings is 4. The van der Waals surface area contributed by atoms with Gasteiger partial charge < -0.3 is 4.57 Å². The van der Waals surface area contributed by atoms with E-state index in [4.69, 9.17) is 0 Å². The summed E-state index contributed by atoms with van der Waals surface area (Å²) in [5, 5.41) is 14.0. The van der Waals surface area contributed by atoms with Crippen molar-refractivity contribution in [3.05, 3.63) is 119 Å². The summed E-state index contributed by atoms with van der Waals surface area (Å²) in [7, 11) is 0. The zero-order valence-electron chi connectivity index (χ0n) is 18.8. The van der Waals surface area contributed by atoms with E-state index in [1.165, 1.54) is 6.07 Å². The molecule has 0 aliphatic rings. The van der Waals surface area contributed by atoms with Crippen LogP contribution in [0.2, 0.25) is 0 Å². The molecule has 0 amide bonds. The molecule has 0 bridgehead atoms. The fourth-order valence-electron chi connectivity index (χ4n) is 4.64. The third-order valence-electron chi connectivity index (χ3n) is 6.24. The van der Waals surface area contributed by atoms with Gasteiger partial charge in [-0.1, -0.05) is 60.7 Å². The van der Waals surface area contributed by atoms with Gasteiger partial charge in [-0.15, -0.1) is 0 Å². The largest absolute Gasteiger partial charge is 0.315 e. The third kappa shape index (κ3) is 3.48. The summed E-state index contributed by atoms with van der Waals surface area (Å²) in [4.78, 5) is 13.6. The molecular weight excluding hydrogens is 423 g/mol. The lowest BCUT2D eigenvalue weighted by Gasteiger charge is -2.11. The third-order valence-corrected chi connectivity index (χ3v) is 6.24. The second-order valence-electron chi connectivity index (χ2n) is 8.30. The van der Waals surface area contributed by atoms with E-state index in [0.29, 0.717) is 16.9 Å². The average Bonchev–Trinajstić information content (AvgIpc) is 3.15. The average molecular weight is 445 g/mol. The van der Waals surface area contributed by atoms with Crippen LogP contribution in [0.25, 0.3) is 33.3 Å². The predicted octanol–water partition coefficient (Wildman–Crippen LogP) is 7.33. The summed E-state index contributed by atoms with van der Waals surface area (Å²) in [6, 6.07) is 28.3. The minimum absolute atomic E-state index is 0.0373. The smallest absolute Gasteiger partial charge is 0.205 e. The van der Waals surface area contributed by atoms with Crippen molar-refractivity contribution in [3.8, 4) is 11.8 Å². The van der Waals surface area contributed by atoms with Gasteiger partial charge in [0.25, 0.3) is 0 Å². The molecule has 0 aliphatic carbocycles. The first-order chi connectivity index (χ1) is 16.5. The second kappa shape index (κ2) is 8.46. The number of halogens is 1. The first kappa shape index (κ1) is 21.4. The van der Waals surface area contributed by atoms with Crippen molar-refractivity contribution < 1.29 is 9.18 Å². The van der Waals surface area contributed by atoms with Gasteiger partial charge in [-0.05, 0) is 71.3 Å². The lowest BCUT2D eigenvalue weighted by atomic mass is 9.94. The Balaban J connectivity index is 1.69. The number of ketones is 1. The first-order valence-electron chi connectivity index (χ1n) is 11.0. The Morgan fingerprint density at radius 1 is 0.882 bits per heavy atom. The van der Waals surface area contributed by atoms with Crippen molar-refractivity contribution in [2.24, 2.45) is 0 Å². The zero-order chi connectivity index (χ0) is 23.8. The summed E-state index contributed by atoms with van der Waals surface area (Å²) in [5.74, 6) is -0.753. The summed E-state index contributed by atoms with van der Waals surface area (Å²) >= 11 is 0. The summed E-state index contributed by atoms with van der Waals surface area (Å²) in [6.07, 6.45) is 1.68. The molecule has 5 aromatic rings. The number of carbonyl (C=O) groups excluding carboxylic acids is 1. The minimum atomic E-state index is -0.379.